The lowest BCUT2D eigenvalue weighted by molar-refractivity contribution is -0.137. The van der Waals surface area contributed by atoms with E-state index in [0.29, 0.717) is 6.61 Å². The fourth-order valence-electron chi connectivity index (χ4n) is 2.87. The minimum absolute atomic E-state index is 0.0891. The van der Waals surface area contributed by atoms with E-state index in [1.807, 2.05) is 24.3 Å². The summed E-state index contributed by atoms with van der Waals surface area (Å²) in [4.78, 5) is 23.9. The summed E-state index contributed by atoms with van der Waals surface area (Å²) in [6.07, 6.45) is -4.13. The zero-order valence-electron chi connectivity index (χ0n) is 14.2. The Hall–Kier alpha value is -2.87. The van der Waals surface area contributed by atoms with Crippen molar-refractivity contribution in [1.82, 2.24) is 5.32 Å². The van der Waals surface area contributed by atoms with Crippen LogP contribution in [0.5, 0.6) is 0 Å². The number of carbonyl (C=O) groups is 2. The van der Waals surface area contributed by atoms with Gasteiger partial charge in [0, 0.05) is 12.2 Å². The molecule has 5 nitrogen and oxygen atoms in total. The van der Waals surface area contributed by atoms with E-state index in [1.54, 1.807) is 0 Å². The van der Waals surface area contributed by atoms with Crippen LogP contribution in [0.15, 0.2) is 48.5 Å². The minimum atomic E-state index is -4.53. The molecule has 2 aromatic carbocycles. The van der Waals surface area contributed by atoms with Crippen LogP contribution < -0.4 is 10.6 Å². The number of anilines is 1. The lowest BCUT2D eigenvalue weighted by atomic mass is 9.97. The molecule has 2 amide bonds. The average Bonchev–Trinajstić information content (AvgIpc) is 2.65. The number of nitrogens with one attached hydrogen (secondary N) is 2. The predicted molar refractivity (Wildman–Crippen MR) is 91.9 cm³/mol. The molecule has 0 aliphatic carbocycles. The molecule has 2 aromatic rings. The van der Waals surface area contributed by atoms with Gasteiger partial charge in [-0.1, -0.05) is 30.3 Å². The largest absolute Gasteiger partial charge is 0.416 e. The molecule has 1 aliphatic rings. The summed E-state index contributed by atoms with van der Waals surface area (Å²) in [6.45, 7) is 0.597. The maximum Gasteiger partial charge on any atom is 0.416 e. The number of fused-ring (bicyclic) bond motifs is 1. The number of hydrogen-bond acceptors (Lipinski definition) is 3. The molecule has 0 saturated heterocycles. The fraction of sp³-hybridized carbons (Fsp3) is 0.263. The molecular formula is C19H17F3N2O3. The Kier molecular flexibility index (Phi) is 5.46. The smallest absolute Gasteiger partial charge is 0.371 e. The van der Waals surface area contributed by atoms with E-state index in [2.05, 4.69) is 10.6 Å². The number of alkyl halides is 3. The van der Waals surface area contributed by atoms with Gasteiger partial charge in [0.2, 0.25) is 0 Å². The molecule has 0 bridgehead atoms. The Balaban J connectivity index is 1.59. The number of halogens is 3. The number of amides is 2. The monoisotopic (exact) mass is 378 g/mol. The first-order chi connectivity index (χ1) is 12.8. The molecule has 3 rings (SSSR count). The van der Waals surface area contributed by atoms with E-state index >= 15 is 0 Å². The van der Waals surface area contributed by atoms with Crippen molar-refractivity contribution in [3.05, 3.63) is 65.2 Å². The second kappa shape index (κ2) is 7.79. The van der Waals surface area contributed by atoms with Crippen molar-refractivity contribution in [1.29, 1.82) is 0 Å². The third-order valence-electron chi connectivity index (χ3n) is 4.19. The van der Waals surface area contributed by atoms with Gasteiger partial charge >= 0.3 is 18.0 Å². The van der Waals surface area contributed by atoms with Crippen LogP contribution in [0.1, 0.15) is 22.8 Å². The Morgan fingerprint density at radius 1 is 1.07 bits per heavy atom. The van der Waals surface area contributed by atoms with Gasteiger partial charge in [-0.2, -0.15) is 13.2 Å². The lowest BCUT2D eigenvalue weighted by Gasteiger charge is -2.26. The van der Waals surface area contributed by atoms with Crippen molar-refractivity contribution in [2.45, 2.75) is 18.7 Å². The normalized spacial score (nSPS) is 16.3. The van der Waals surface area contributed by atoms with Gasteiger partial charge in [0.25, 0.3) is 0 Å². The van der Waals surface area contributed by atoms with Crippen molar-refractivity contribution in [3.63, 3.8) is 0 Å². The Bertz CT molecular complexity index is 852. The molecule has 0 aromatic heterocycles. The highest BCUT2D eigenvalue weighted by Crippen LogP contribution is 2.30. The van der Waals surface area contributed by atoms with Gasteiger partial charge in [0.1, 0.15) is 6.10 Å². The zero-order chi connectivity index (χ0) is 19.4. The highest BCUT2D eigenvalue weighted by atomic mass is 19.4. The highest BCUT2D eigenvalue weighted by Gasteiger charge is 2.30. The second-order valence-corrected chi connectivity index (χ2v) is 6.05. The summed E-state index contributed by atoms with van der Waals surface area (Å²) in [5, 5.41) is 4.63. The zero-order valence-corrected chi connectivity index (χ0v) is 14.2. The molecule has 2 N–H and O–H groups in total. The standard InChI is InChI=1S/C19H17F3N2O3/c20-19(21,22)13-5-3-6-14(10-13)24-18(26)17(25)23-11-16-15-7-2-1-4-12(15)8-9-27-16/h1-7,10,16H,8-9,11H2,(H,23,25)(H,24,26). The van der Waals surface area contributed by atoms with Crippen LogP contribution in [0.25, 0.3) is 0 Å². The molecule has 8 heteroatoms. The highest BCUT2D eigenvalue weighted by molar-refractivity contribution is 6.39. The molecule has 1 aliphatic heterocycles. The van der Waals surface area contributed by atoms with Gasteiger partial charge in [-0.25, -0.2) is 0 Å². The number of ether oxygens (including phenoxy) is 1. The van der Waals surface area contributed by atoms with Crippen LogP contribution in [-0.4, -0.2) is 25.0 Å². The van der Waals surface area contributed by atoms with Crippen LogP contribution in [-0.2, 0) is 26.9 Å². The number of hydrogen-bond donors (Lipinski definition) is 2. The first-order valence-electron chi connectivity index (χ1n) is 8.30. The summed E-state index contributed by atoms with van der Waals surface area (Å²) in [6, 6.07) is 11.7. The second-order valence-electron chi connectivity index (χ2n) is 6.05. The summed E-state index contributed by atoms with van der Waals surface area (Å²) in [5.74, 6) is -1.99. The molecule has 27 heavy (non-hydrogen) atoms. The lowest BCUT2D eigenvalue weighted by Crippen LogP contribution is -2.39. The van der Waals surface area contributed by atoms with E-state index in [0.717, 1.165) is 35.7 Å². The molecule has 0 spiro atoms. The molecular weight excluding hydrogens is 361 g/mol. The van der Waals surface area contributed by atoms with E-state index in [-0.39, 0.29) is 18.3 Å². The van der Waals surface area contributed by atoms with Crippen LogP contribution >= 0.6 is 0 Å². The molecule has 142 valence electrons. The van der Waals surface area contributed by atoms with Crippen LogP contribution in [0.4, 0.5) is 18.9 Å². The first-order valence-corrected chi connectivity index (χ1v) is 8.30. The topological polar surface area (TPSA) is 67.4 Å². The molecule has 1 atom stereocenters. The molecule has 0 saturated carbocycles. The summed E-state index contributed by atoms with van der Waals surface area (Å²) >= 11 is 0. The molecule has 0 fully saturated rings. The summed E-state index contributed by atoms with van der Waals surface area (Å²) < 4.78 is 43.8. The predicted octanol–water partition coefficient (Wildman–Crippen LogP) is 3.07. The quantitative estimate of drug-likeness (QED) is 0.807. The van der Waals surface area contributed by atoms with Crippen molar-refractivity contribution in [2.75, 3.05) is 18.5 Å². The Labute approximate surface area is 153 Å². The fourth-order valence-corrected chi connectivity index (χ4v) is 2.87. The van der Waals surface area contributed by atoms with Crippen LogP contribution in [0.2, 0.25) is 0 Å². The SMILES string of the molecule is O=C(NCC1OCCc2ccccc21)C(=O)Nc1cccc(C(F)(F)F)c1. The van der Waals surface area contributed by atoms with E-state index in [4.69, 9.17) is 4.74 Å². The molecule has 1 heterocycles. The van der Waals surface area contributed by atoms with Crippen LogP contribution in [0.3, 0.4) is 0 Å². The van der Waals surface area contributed by atoms with Crippen molar-refractivity contribution >= 4 is 17.5 Å². The first kappa shape index (κ1) is 18.9. The van der Waals surface area contributed by atoms with Gasteiger partial charge in [-0.15, -0.1) is 0 Å². The minimum Gasteiger partial charge on any atom is -0.371 e. The van der Waals surface area contributed by atoms with Gasteiger partial charge in [0.05, 0.1) is 12.2 Å². The molecule has 0 radical (unpaired) electrons. The van der Waals surface area contributed by atoms with E-state index < -0.39 is 23.6 Å². The summed E-state index contributed by atoms with van der Waals surface area (Å²) in [5.41, 5.74) is 1.05. The van der Waals surface area contributed by atoms with Crippen LogP contribution in [0, 0.1) is 0 Å². The maximum atomic E-state index is 12.7. The van der Waals surface area contributed by atoms with E-state index in [9.17, 15) is 22.8 Å². The van der Waals surface area contributed by atoms with Crippen molar-refractivity contribution in [2.24, 2.45) is 0 Å². The Morgan fingerprint density at radius 3 is 2.63 bits per heavy atom. The van der Waals surface area contributed by atoms with Gasteiger partial charge < -0.3 is 15.4 Å². The Morgan fingerprint density at radius 2 is 1.85 bits per heavy atom. The average molecular weight is 378 g/mol. The number of carbonyl (C=O) groups excluding carboxylic acids is 2. The van der Waals surface area contributed by atoms with Gasteiger partial charge in [0.15, 0.2) is 0 Å². The molecule has 1 unspecified atom stereocenters. The number of benzene rings is 2. The van der Waals surface area contributed by atoms with Crippen molar-refractivity contribution in [3.8, 4) is 0 Å². The number of rotatable bonds is 3. The van der Waals surface area contributed by atoms with Crippen molar-refractivity contribution < 1.29 is 27.5 Å². The third-order valence-corrected chi connectivity index (χ3v) is 4.19. The summed E-state index contributed by atoms with van der Waals surface area (Å²) in [7, 11) is 0. The van der Waals surface area contributed by atoms with Gasteiger partial charge in [-0.3, -0.25) is 9.59 Å². The van der Waals surface area contributed by atoms with Gasteiger partial charge in [-0.05, 0) is 35.7 Å². The van der Waals surface area contributed by atoms with E-state index in [1.165, 1.54) is 6.07 Å². The maximum absolute atomic E-state index is 12.7. The third kappa shape index (κ3) is 4.65.